The summed E-state index contributed by atoms with van der Waals surface area (Å²) in [5.41, 5.74) is 2.74. The molecule has 102 valence electrons. The lowest BCUT2D eigenvalue weighted by molar-refractivity contribution is -0.692. The zero-order valence-electron chi connectivity index (χ0n) is 11.9. The van der Waals surface area contributed by atoms with Gasteiger partial charge in [0.25, 0.3) is 0 Å². The third kappa shape index (κ3) is 3.01. The second-order valence-electron chi connectivity index (χ2n) is 6.17. The minimum Gasteiger partial charge on any atom is -0.361 e. The summed E-state index contributed by atoms with van der Waals surface area (Å²) in [5.74, 6) is 0.933. The molecule has 1 aliphatic carbocycles. The van der Waals surface area contributed by atoms with Crippen LogP contribution in [0.4, 0.5) is 0 Å². The number of benzene rings is 1. The Labute approximate surface area is 115 Å². The van der Waals surface area contributed by atoms with Crippen molar-refractivity contribution in [3.05, 3.63) is 36.0 Å². The SMILES string of the molecule is C[C@H]1CCC[C@@H]([NH2+]CCc2c[nH]c3ccccc23)C1. The number of hydrogen-bond donors (Lipinski definition) is 2. The molecule has 0 amide bonds. The van der Waals surface area contributed by atoms with Crippen LogP contribution in [0.15, 0.2) is 30.5 Å². The molecule has 0 spiro atoms. The number of rotatable bonds is 4. The molecule has 0 bridgehead atoms. The van der Waals surface area contributed by atoms with Crippen molar-refractivity contribution < 1.29 is 5.32 Å². The molecule has 0 unspecified atom stereocenters. The van der Waals surface area contributed by atoms with E-state index in [1.807, 2.05) is 0 Å². The van der Waals surface area contributed by atoms with Gasteiger partial charge in [-0.15, -0.1) is 0 Å². The summed E-state index contributed by atoms with van der Waals surface area (Å²) >= 11 is 0. The number of aromatic amines is 1. The summed E-state index contributed by atoms with van der Waals surface area (Å²) in [4.78, 5) is 3.37. The van der Waals surface area contributed by atoms with Crippen LogP contribution < -0.4 is 5.32 Å². The van der Waals surface area contributed by atoms with Crippen LogP contribution in [0, 0.1) is 5.92 Å². The first-order valence-corrected chi connectivity index (χ1v) is 7.71. The third-order valence-electron chi connectivity index (χ3n) is 4.57. The van der Waals surface area contributed by atoms with Crippen LogP contribution in [-0.2, 0) is 6.42 Å². The Bertz CT molecular complexity index is 529. The van der Waals surface area contributed by atoms with E-state index in [0.29, 0.717) is 0 Å². The maximum absolute atomic E-state index is 3.37. The first kappa shape index (κ1) is 12.7. The number of hydrogen-bond acceptors (Lipinski definition) is 0. The Morgan fingerprint density at radius 1 is 1.26 bits per heavy atom. The largest absolute Gasteiger partial charge is 0.361 e. The fourth-order valence-electron chi connectivity index (χ4n) is 3.51. The highest BCUT2D eigenvalue weighted by molar-refractivity contribution is 5.82. The predicted molar refractivity (Wildman–Crippen MR) is 80.2 cm³/mol. The first-order valence-electron chi connectivity index (χ1n) is 7.71. The lowest BCUT2D eigenvalue weighted by Gasteiger charge is -2.24. The molecule has 2 nitrogen and oxygen atoms in total. The average molecular weight is 257 g/mol. The second-order valence-corrected chi connectivity index (χ2v) is 6.17. The van der Waals surface area contributed by atoms with E-state index in [9.17, 15) is 0 Å². The van der Waals surface area contributed by atoms with Crippen molar-refractivity contribution >= 4 is 10.9 Å². The predicted octanol–water partition coefficient (Wildman–Crippen LogP) is 2.85. The highest BCUT2D eigenvalue weighted by Crippen LogP contribution is 2.21. The lowest BCUT2D eigenvalue weighted by atomic mass is 9.87. The number of quaternary nitrogens is 1. The van der Waals surface area contributed by atoms with Crippen molar-refractivity contribution in [3.8, 4) is 0 Å². The molecule has 1 aromatic heterocycles. The number of aromatic nitrogens is 1. The fourth-order valence-corrected chi connectivity index (χ4v) is 3.51. The molecular formula is C17H25N2+. The van der Waals surface area contributed by atoms with E-state index in [4.69, 9.17) is 0 Å². The Morgan fingerprint density at radius 2 is 2.16 bits per heavy atom. The maximum atomic E-state index is 3.37. The summed E-state index contributed by atoms with van der Waals surface area (Å²) in [6, 6.07) is 9.48. The molecule has 0 saturated heterocycles. The Hall–Kier alpha value is -1.28. The van der Waals surface area contributed by atoms with Gasteiger partial charge < -0.3 is 10.3 Å². The van der Waals surface area contributed by atoms with Crippen molar-refractivity contribution in [3.63, 3.8) is 0 Å². The molecule has 0 aliphatic heterocycles. The molecule has 1 aliphatic rings. The summed E-state index contributed by atoms with van der Waals surface area (Å²) in [6.07, 6.45) is 9.05. The zero-order valence-corrected chi connectivity index (χ0v) is 11.9. The van der Waals surface area contributed by atoms with Gasteiger partial charge in [-0.25, -0.2) is 0 Å². The Morgan fingerprint density at radius 3 is 3.05 bits per heavy atom. The Kier molecular flexibility index (Phi) is 3.88. The van der Waals surface area contributed by atoms with Gasteiger partial charge in [0.15, 0.2) is 0 Å². The zero-order chi connectivity index (χ0) is 13.1. The van der Waals surface area contributed by atoms with Crippen LogP contribution in [0.1, 0.15) is 38.2 Å². The molecule has 1 saturated carbocycles. The maximum Gasteiger partial charge on any atom is 0.0861 e. The molecule has 1 fully saturated rings. The smallest absolute Gasteiger partial charge is 0.0861 e. The number of H-pyrrole nitrogens is 1. The highest BCUT2D eigenvalue weighted by Gasteiger charge is 2.20. The van der Waals surface area contributed by atoms with Gasteiger partial charge in [-0.2, -0.15) is 0 Å². The van der Waals surface area contributed by atoms with Crippen LogP contribution >= 0.6 is 0 Å². The first-order chi connectivity index (χ1) is 9.33. The van der Waals surface area contributed by atoms with E-state index in [0.717, 1.165) is 12.0 Å². The molecule has 2 atom stereocenters. The van der Waals surface area contributed by atoms with E-state index in [-0.39, 0.29) is 0 Å². The summed E-state index contributed by atoms with van der Waals surface area (Å²) in [6.45, 7) is 3.62. The van der Waals surface area contributed by atoms with Gasteiger partial charge in [-0.3, -0.25) is 0 Å². The molecule has 1 aromatic carbocycles. The second kappa shape index (κ2) is 5.79. The Balaban J connectivity index is 1.55. The molecule has 3 rings (SSSR count). The van der Waals surface area contributed by atoms with Crippen LogP contribution in [0.2, 0.25) is 0 Å². The van der Waals surface area contributed by atoms with Crippen molar-refractivity contribution in [2.75, 3.05) is 6.54 Å². The fraction of sp³-hybridized carbons (Fsp3) is 0.529. The van der Waals surface area contributed by atoms with Gasteiger partial charge in [-0.1, -0.05) is 31.5 Å². The van der Waals surface area contributed by atoms with Gasteiger partial charge in [0.1, 0.15) is 0 Å². The molecule has 0 radical (unpaired) electrons. The molecule has 2 aromatic rings. The molecular weight excluding hydrogens is 232 g/mol. The summed E-state index contributed by atoms with van der Waals surface area (Å²) in [5, 5.41) is 3.98. The van der Waals surface area contributed by atoms with Crippen LogP contribution in [0.3, 0.4) is 0 Å². The molecule has 19 heavy (non-hydrogen) atoms. The number of nitrogens with two attached hydrogens (primary N) is 1. The van der Waals surface area contributed by atoms with Crippen LogP contribution in [0.25, 0.3) is 10.9 Å². The van der Waals surface area contributed by atoms with Gasteiger partial charge in [-0.05, 0) is 30.4 Å². The monoisotopic (exact) mass is 257 g/mol. The summed E-state index contributed by atoms with van der Waals surface area (Å²) < 4.78 is 0. The van der Waals surface area contributed by atoms with Crippen LogP contribution in [0.5, 0.6) is 0 Å². The number of nitrogens with one attached hydrogen (secondary N) is 1. The normalized spacial score (nSPS) is 23.8. The minimum absolute atomic E-state index is 0.869. The van der Waals surface area contributed by atoms with Crippen molar-refractivity contribution in [2.45, 2.75) is 45.1 Å². The van der Waals surface area contributed by atoms with Crippen molar-refractivity contribution in [1.29, 1.82) is 0 Å². The molecule has 2 heteroatoms. The van der Waals surface area contributed by atoms with Crippen molar-refractivity contribution in [1.82, 2.24) is 4.98 Å². The van der Waals surface area contributed by atoms with E-state index < -0.39 is 0 Å². The number of fused-ring (bicyclic) bond motifs is 1. The lowest BCUT2D eigenvalue weighted by Crippen LogP contribution is -2.90. The quantitative estimate of drug-likeness (QED) is 0.844. The van der Waals surface area contributed by atoms with Gasteiger partial charge in [0.05, 0.1) is 12.6 Å². The van der Waals surface area contributed by atoms with Gasteiger partial charge >= 0.3 is 0 Å². The minimum atomic E-state index is 0.869. The van der Waals surface area contributed by atoms with E-state index >= 15 is 0 Å². The topological polar surface area (TPSA) is 32.4 Å². The van der Waals surface area contributed by atoms with E-state index in [1.54, 1.807) is 0 Å². The third-order valence-corrected chi connectivity index (χ3v) is 4.57. The molecule has 3 N–H and O–H groups in total. The average Bonchev–Trinajstić information content (AvgIpc) is 2.83. The highest BCUT2D eigenvalue weighted by atomic mass is 14.9. The molecule has 1 heterocycles. The van der Waals surface area contributed by atoms with Gasteiger partial charge in [0, 0.05) is 29.9 Å². The van der Waals surface area contributed by atoms with E-state index in [2.05, 4.69) is 47.7 Å². The van der Waals surface area contributed by atoms with Crippen molar-refractivity contribution in [2.24, 2.45) is 5.92 Å². The standard InChI is InChI=1S/C17H24N2/c1-13-5-4-6-15(11-13)18-10-9-14-12-19-17-8-3-2-7-16(14)17/h2-3,7-8,12-13,15,18-19H,4-6,9-11H2,1H3/p+1/t13-,15+/m0/s1. The number of para-hydroxylation sites is 1. The van der Waals surface area contributed by atoms with Gasteiger partial charge in [0.2, 0.25) is 0 Å². The summed E-state index contributed by atoms with van der Waals surface area (Å²) in [7, 11) is 0. The van der Waals surface area contributed by atoms with Crippen LogP contribution in [-0.4, -0.2) is 17.6 Å². The van der Waals surface area contributed by atoms with E-state index in [1.165, 1.54) is 55.1 Å².